The molecule has 4 rings (SSSR count). The van der Waals surface area contributed by atoms with E-state index in [1.54, 1.807) is 24.3 Å². The first-order chi connectivity index (χ1) is 11.1. The molecule has 1 spiro atoms. The second-order valence-corrected chi connectivity index (χ2v) is 7.05. The zero-order chi connectivity index (χ0) is 16.0. The molecule has 5 heteroatoms. The largest absolute Gasteiger partial charge is 0.478 e. The minimum absolute atomic E-state index is 0.0229. The standard InChI is InChI=1S/C18H21NO4/c20-14(10-11-2-4-12(5-3-11)17(21)22)19-15-13-6-9-23-16(13)18(15)7-1-8-18/h2-5,13,15-16H,1,6-10H2,(H,19,20)(H,21,22). The van der Waals surface area contributed by atoms with Gasteiger partial charge in [-0.2, -0.15) is 0 Å². The molecule has 122 valence electrons. The summed E-state index contributed by atoms with van der Waals surface area (Å²) in [5.74, 6) is -0.446. The monoisotopic (exact) mass is 315 g/mol. The minimum atomic E-state index is -0.949. The van der Waals surface area contributed by atoms with Gasteiger partial charge in [-0.25, -0.2) is 4.79 Å². The molecule has 3 unspecified atom stereocenters. The number of carbonyl (C=O) groups excluding carboxylic acids is 1. The van der Waals surface area contributed by atoms with Gasteiger partial charge in [0.1, 0.15) is 0 Å². The fraction of sp³-hybridized carbons (Fsp3) is 0.556. The van der Waals surface area contributed by atoms with Crippen molar-refractivity contribution in [2.75, 3.05) is 6.61 Å². The maximum atomic E-state index is 12.4. The Bertz CT molecular complexity index is 635. The number of fused-ring (bicyclic) bond motifs is 2. The number of carboxylic acids is 1. The predicted molar refractivity (Wildman–Crippen MR) is 83.2 cm³/mol. The van der Waals surface area contributed by atoms with Crippen LogP contribution in [0.25, 0.3) is 0 Å². The van der Waals surface area contributed by atoms with Crippen LogP contribution in [0, 0.1) is 11.3 Å². The normalized spacial score (nSPS) is 30.2. The number of hydrogen-bond acceptors (Lipinski definition) is 3. The first-order valence-corrected chi connectivity index (χ1v) is 8.33. The van der Waals surface area contributed by atoms with E-state index >= 15 is 0 Å². The van der Waals surface area contributed by atoms with Gasteiger partial charge < -0.3 is 15.2 Å². The van der Waals surface area contributed by atoms with Crippen molar-refractivity contribution in [3.63, 3.8) is 0 Å². The quantitative estimate of drug-likeness (QED) is 0.891. The lowest BCUT2D eigenvalue weighted by atomic mass is 9.46. The van der Waals surface area contributed by atoms with Crippen molar-refractivity contribution in [1.29, 1.82) is 0 Å². The van der Waals surface area contributed by atoms with Gasteiger partial charge in [0.2, 0.25) is 5.91 Å². The van der Waals surface area contributed by atoms with Crippen LogP contribution in [-0.2, 0) is 16.0 Å². The van der Waals surface area contributed by atoms with Crippen molar-refractivity contribution in [2.24, 2.45) is 11.3 Å². The molecule has 1 aromatic carbocycles. The second kappa shape index (κ2) is 5.34. The third-order valence-corrected chi connectivity index (χ3v) is 5.92. The fourth-order valence-electron chi connectivity index (χ4n) is 4.63. The molecule has 0 bridgehead atoms. The van der Waals surface area contributed by atoms with E-state index in [9.17, 15) is 9.59 Å². The topological polar surface area (TPSA) is 75.6 Å². The molecule has 2 aliphatic carbocycles. The van der Waals surface area contributed by atoms with Crippen molar-refractivity contribution >= 4 is 11.9 Å². The lowest BCUT2D eigenvalue weighted by Crippen LogP contribution is -2.71. The van der Waals surface area contributed by atoms with Crippen LogP contribution in [0.15, 0.2) is 24.3 Å². The first kappa shape index (κ1) is 14.7. The van der Waals surface area contributed by atoms with Crippen LogP contribution in [-0.4, -0.2) is 35.7 Å². The molecule has 2 saturated carbocycles. The summed E-state index contributed by atoms with van der Waals surface area (Å²) in [4.78, 5) is 23.2. The molecular weight excluding hydrogens is 294 g/mol. The van der Waals surface area contributed by atoms with Crippen LogP contribution in [0.4, 0.5) is 0 Å². The Morgan fingerprint density at radius 2 is 2.00 bits per heavy atom. The highest BCUT2D eigenvalue weighted by Crippen LogP contribution is 2.62. The minimum Gasteiger partial charge on any atom is -0.478 e. The molecule has 2 N–H and O–H groups in total. The molecule has 1 aromatic rings. The van der Waals surface area contributed by atoms with Crippen LogP contribution < -0.4 is 5.32 Å². The third kappa shape index (κ3) is 2.26. The van der Waals surface area contributed by atoms with E-state index in [2.05, 4.69) is 5.32 Å². The number of rotatable bonds is 4. The zero-order valence-corrected chi connectivity index (χ0v) is 13.0. The summed E-state index contributed by atoms with van der Waals surface area (Å²) in [5, 5.41) is 12.1. The molecule has 3 fully saturated rings. The average Bonchev–Trinajstić information content (AvgIpc) is 2.89. The van der Waals surface area contributed by atoms with Gasteiger partial charge in [-0.1, -0.05) is 18.6 Å². The number of carboxylic acid groups (broad SMARTS) is 1. The van der Waals surface area contributed by atoms with Gasteiger partial charge in [0.15, 0.2) is 0 Å². The SMILES string of the molecule is O=C(Cc1ccc(C(=O)O)cc1)NC1C2CCOC2C12CCC2. The van der Waals surface area contributed by atoms with E-state index in [0.29, 0.717) is 18.4 Å². The number of nitrogens with one attached hydrogen (secondary N) is 1. The van der Waals surface area contributed by atoms with E-state index in [1.165, 1.54) is 6.42 Å². The van der Waals surface area contributed by atoms with E-state index in [4.69, 9.17) is 9.84 Å². The maximum absolute atomic E-state index is 12.4. The molecule has 1 aliphatic heterocycles. The van der Waals surface area contributed by atoms with E-state index < -0.39 is 5.97 Å². The predicted octanol–water partition coefficient (Wildman–Crippen LogP) is 2.00. The molecule has 3 aliphatic rings. The van der Waals surface area contributed by atoms with Gasteiger partial charge in [0.05, 0.1) is 18.1 Å². The van der Waals surface area contributed by atoms with Gasteiger partial charge >= 0.3 is 5.97 Å². The van der Waals surface area contributed by atoms with Gasteiger partial charge in [0, 0.05) is 24.0 Å². The summed E-state index contributed by atoms with van der Waals surface area (Å²) in [7, 11) is 0. The van der Waals surface area contributed by atoms with Crippen LogP contribution in [0.2, 0.25) is 0 Å². The summed E-state index contributed by atoms with van der Waals surface area (Å²) in [6.07, 6.45) is 5.25. The number of hydrogen-bond donors (Lipinski definition) is 2. The number of amides is 1. The molecule has 23 heavy (non-hydrogen) atoms. The van der Waals surface area contributed by atoms with Crippen LogP contribution in [0.3, 0.4) is 0 Å². The highest BCUT2D eigenvalue weighted by atomic mass is 16.5. The molecule has 1 heterocycles. The molecule has 1 amide bonds. The fourth-order valence-corrected chi connectivity index (χ4v) is 4.63. The summed E-state index contributed by atoms with van der Waals surface area (Å²) < 4.78 is 5.87. The van der Waals surface area contributed by atoms with Crippen LogP contribution in [0.1, 0.15) is 41.6 Å². The highest BCUT2D eigenvalue weighted by molar-refractivity contribution is 5.87. The smallest absolute Gasteiger partial charge is 0.335 e. The molecule has 0 radical (unpaired) electrons. The van der Waals surface area contributed by atoms with Gasteiger partial charge in [-0.3, -0.25) is 4.79 Å². The Kier molecular flexibility index (Phi) is 3.41. The summed E-state index contributed by atoms with van der Waals surface area (Å²) in [6.45, 7) is 0.820. The Balaban J connectivity index is 1.39. The maximum Gasteiger partial charge on any atom is 0.335 e. The summed E-state index contributed by atoms with van der Waals surface area (Å²) in [6, 6.07) is 6.77. The lowest BCUT2D eigenvalue weighted by molar-refractivity contribution is -0.179. The number of benzene rings is 1. The van der Waals surface area contributed by atoms with E-state index in [0.717, 1.165) is 31.4 Å². The molecular formula is C18H21NO4. The number of ether oxygens (including phenoxy) is 1. The second-order valence-electron chi connectivity index (χ2n) is 7.05. The molecule has 5 nitrogen and oxygen atoms in total. The van der Waals surface area contributed by atoms with E-state index in [1.807, 2.05) is 0 Å². The number of aromatic carboxylic acids is 1. The Morgan fingerprint density at radius 3 is 2.61 bits per heavy atom. The molecule has 1 saturated heterocycles. The van der Waals surface area contributed by atoms with Crippen molar-refractivity contribution in [1.82, 2.24) is 5.32 Å². The van der Waals surface area contributed by atoms with Gasteiger partial charge in [0.25, 0.3) is 0 Å². The number of carbonyl (C=O) groups is 2. The molecule has 0 aromatic heterocycles. The van der Waals surface area contributed by atoms with Crippen molar-refractivity contribution < 1.29 is 19.4 Å². The summed E-state index contributed by atoms with van der Waals surface area (Å²) in [5.41, 5.74) is 1.28. The zero-order valence-electron chi connectivity index (χ0n) is 13.0. The highest BCUT2D eigenvalue weighted by Gasteiger charge is 2.66. The summed E-state index contributed by atoms with van der Waals surface area (Å²) >= 11 is 0. The van der Waals surface area contributed by atoms with Crippen LogP contribution in [0.5, 0.6) is 0 Å². The average molecular weight is 315 g/mol. The first-order valence-electron chi connectivity index (χ1n) is 8.33. The van der Waals surface area contributed by atoms with Crippen LogP contribution >= 0.6 is 0 Å². The van der Waals surface area contributed by atoms with Crippen molar-refractivity contribution in [3.8, 4) is 0 Å². The Hall–Kier alpha value is -1.88. The Labute approximate surface area is 135 Å². The third-order valence-electron chi connectivity index (χ3n) is 5.92. The van der Waals surface area contributed by atoms with Gasteiger partial charge in [-0.05, 0) is 37.0 Å². The lowest BCUT2D eigenvalue weighted by Gasteiger charge is -2.63. The van der Waals surface area contributed by atoms with E-state index in [-0.39, 0.29) is 22.9 Å². The van der Waals surface area contributed by atoms with Gasteiger partial charge in [-0.15, -0.1) is 0 Å². The molecule has 3 atom stereocenters. The van der Waals surface area contributed by atoms with Crippen molar-refractivity contribution in [2.45, 2.75) is 44.2 Å². The van der Waals surface area contributed by atoms with Crippen molar-refractivity contribution in [3.05, 3.63) is 35.4 Å². The Morgan fingerprint density at radius 1 is 1.26 bits per heavy atom.